The van der Waals surface area contributed by atoms with E-state index in [-0.39, 0.29) is 17.5 Å². The number of nitrogens with zero attached hydrogens (tertiary/aromatic N) is 1. The van der Waals surface area contributed by atoms with Gasteiger partial charge in [0.25, 0.3) is 5.56 Å². The minimum Gasteiger partial charge on any atom is -0.383 e. The molecular weight excluding hydrogens is 256 g/mol. The number of aromatic nitrogens is 2. The van der Waals surface area contributed by atoms with Gasteiger partial charge in [0.05, 0.1) is 6.04 Å². The first-order valence-electron chi connectivity index (χ1n) is 6.90. The van der Waals surface area contributed by atoms with Gasteiger partial charge in [-0.05, 0) is 12.8 Å². The third kappa shape index (κ3) is 3.67. The Hall–Kier alpha value is -2.16. The van der Waals surface area contributed by atoms with Crippen LogP contribution < -0.4 is 22.3 Å². The Labute approximate surface area is 118 Å². The van der Waals surface area contributed by atoms with E-state index in [1.54, 1.807) is 0 Å². The van der Waals surface area contributed by atoms with E-state index in [9.17, 15) is 9.59 Å². The van der Waals surface area contributed by atoms with Gasteiger partial charge in [0, 0.05) is 6.54 Å². The zero-order valence-electron chi connectivity index (χ0n) is 12.0. The molecule has 6 heteroatoms. The number of terminal acetylenes is 1. The van der Waals surface area contributed by atoms with Crippen molar-refractivity contribution in [1.82, 2.24) is 9.55 Å². The highest BCUT2D eigenvalue weighted by Crippen LogP contribution is 2.13. The van der Waals surface area contributed by atoms with E-state index in [2.05, 4.69) is 16.2 Å². The molecule has 0 aliphatic carbocycles. The number of nitrogens with two attached hydrogens (primary N) is 1. The van der Waals surface area contributed by atoms with E-state index in [1.165, 1.54) is 4.57 Å². The fourth-order valence-corrected chi connectivity index (χ4v) is 1.93. The molecule has 1 heterocycles. The predicted molar refractivity (Wildman–Crippen MR) is 81.8 cm³/mol. The van der Waals surface area contributed by atoms with Crippen molar-refractivity contribution in [2.24, 2.45) is 0 Å². The van der Waals surface area contributed by atoms with Crippen LogP contribution in [-0.4, -0.2) is 15.6 Å². The van der Waals surface area contributed by atoms with Gasteiger partial charge < -0.3 is 11.1 Å². The van der Waals surface area contributed by atoms with E-state index in [4.69, 9.17) is 12.2 Å². The van der Waals surface area contributed by atoms with Crippen LogP contribution >= 0.6 is 0 Å². The summed E-state index contributed by atoms with van der Waals surface area (Å²) in [6.07, 6.45) is 8.77. The summed E-state index contributed by atoms with van der Waals surface area (Å²) >= 11 is 0. The molecule has 1 rings (SSSR count). The summed E-state index contributed by atoms with van der Waals surface area (Å²) in [5.74, 6) is 2.72. The van der Waals surface area contributed by atoms with Crippen LogP contribution in [0.4, 0.5) is 11.5 Å². The maximum atomic E-state index is 11.9. The first kappa shape index (κ1) is 15.9. The molecule has 0 bridgehead atoms. The molecule has 0 saturated heterocycles. The fourth-order valence-electron chi connectivity index (χ4n) is 1.93. The van der Waals surface area contributed by atoms with Crippen LogP contribution in [0, 0.1) is 12.3 Å². The number of rotatable bonds is 7. The Morgan fingerprint density at radius 1 is 1.40 bits per heavy atom. The largest absolute Gasteiger partial charge is 0.383 e. The summed E-state index contributed by atoms with van der Waals surface area (Å²) in [7, 11) is 0. The zero-order chi connectivity index (χ0) is 15.1. The van der Waals surface area contributed by atoms with Gasteiger partial charge in [-0.15, -0.1) is 6.42 Å². The molecular formula is C14H22N4O2. The van der Waals surface area contributed by atoms with Crippen LogP contribution in [0.3, 0.4) is 0 Å². The van der Waals surface area contributed by atoms with Crippen LogP contribution in [0.15, 0.2) is 9.59 Å². The molecule has 0 amide bonds. The average molecular weight is 278 g/mol. The van der Waals surface area contributed by atoms with Crippen molar-refractivity contribution in [3.8, 4) is 12.3 Å². The van der Waals surface area contributed by atoms with Crippen molar-refractivity contribution >= 4 is 11.5 Å². The van der Waals surface area contributed by atoms with Crippen LogP contribution in [0.1, 0.15) is 39.5 Å². The Kier molecular flexibility index (Phi) is 5.91. The summed E-state index contributed by atoms with van der Waals surface area (Å²) in [6, 6.07) is -0.277. The predicted octanol–water partition coefficient (Wildman–Crippen LogP) is 1.13. The third-order valence-electron chi connectivity index (χ3n) is 3.07. The first-order chi connectivity index (χ1) is 9.54. The second kappa shape index (κ2) is 7.43. The molecule has 6 nitrogen and oxygen atoms in total. The Balaban J connectivity index is 3.16. The molecule has 0 aliphatic heterocycles. The molecule has 110 valence electrons. The molecule has 0 saturated carbocycles. The molecule has 0 radical (unpaired) electrons. The van der Waals surface area contributed by atoms with Crippen molar-refractivity contribution in [2.75, 3.05) is 11.1 Å². The Bertz CT molecular complexity index is 595. The fraction of sp³-hybridized carbons (Fsp3) is 0.571. The standard InChI is InChI=1S/C14H22N4O2/c1-4-7-9-18-12(15)11(13(19)17-14(18)20)16-10(6-3)8-5-2/h3,10,16H,4-5,7-9,15H2,1-2H3,(H,17,19,20). The van der Waals surface area contributed by atoms with E-state index in [1.807, 2.05) is 13.8 Å². The second-order valence-corrected chi connectivity index (χ2v) is 4.68. The summed E-state index contributed by atoms with van der Waals surface area (Å²) in [4.78, 5) is 25.9. The van der Waals surface area contributed by atoms with Crippen LogP contribution in [0.5, 0.6) is 0 Å². The number of nitrogens with one attached hydrogen (secondary N) is 2. The molecule has 0 fully saturated rings. The normalized spacial score (nSPS) is 11.8. The molecule has 0 spiro atoms. The highest BCUT2D eigenvalue weighted by atomic mass is 16.2. The lowest BCUT2D eigenvalue weighted by Gasteiger charge is -2.17. The van der Waals surface area contributed by atoms with Gasteiger partial charge in [0.15, 0.2) is 0 Å². The molecule has 0 aromatic carbocycles. The summed E-state index contributed by atoms with van der Waals surface area (Å²) < 4.78 is 1.37. The molecule has 0 aliphatic rings. The molecule has 1 atom stereocenters. The maximum absolute atomic E-state index is 11.9. The summed E-state index contributed by atoms with van der Waals surface area (Å²) in [5, 5.41) is 2.95. The average Bonchev–Trinajstić information content (AvgIpc) is 2.42. The smallest absolute Gasteiger partial charge is 0.330 e. The van der Waals surface area contributed by atoms with Crippen molar-refractivity contribution in [3.63, 3.8) is 0 Å². The van der Waals surface area contributed by atoms with E-state index < -0.39 is 11.2 Å². The van der Waals surface area contributed by atoms with E-state index in [0.717, 1.165) is 25.7 Å². The second-order valence-electron chi connectivity index (χ2n) is 4.68. The van der Waals surface area contributed by atoms with Gasteiger partial charge in [-0.25, -0.2) is 4.79 Å². The third-order valence-corrected chi connectivity index (χ3v) is 3.07. The summed E-state index contributed by atoms with van der Waals surface area (Å²) in [6.45, 7) is 4.49. The highest BCUT2D eigenvalue weighted by molar-refractivity contribution is 5.61. The van der Waals surface area contributed by atoms with Crippen LogP contribution in [0.25, 0.3) is 0 Å². The van der Waals surface area contributed by atoms with Gasteiger partial charge in [0.2, 0.25) is 0 Å². The minimum absolute atomic E-state index is 0.142. The topological polar surface area (TPSA) is 92.9 Å². The number of anilines is 2. The van der Waals surface area contributed by atoms with Gasteiger partial charge in [-0.1, -0.05) is 32.6 Å². The van der Waals surface area contributed by atoms with Crippen molar-refractivity contribution in [2.45, 2.75) is 52.1 Å². The first-order valence-corrected chi connectivity index (χ1v) is 6.90. The number of aromatic amines is 1. The van der Waals surface area contributed by atoms with Crippen molar-refractivity contribution in [1.29, 1.82) is 0 Å². The van der Waals surface area contributed by atoms with Gasteiger partial charge in [0.1, 0.15) is 11.5 Å². The molecule has 20 heavy (non-hydrogen) atoms. The Morgan fingerprint density at radius 2 is 2.10 bits per heavy atom. The SMILES string of the molecule is C#CC(CCC)Nc1c(N)n(CCCC)c(=O)[nH]c1=O. The molecule has 1 unspecified atom stereocenters. The van der Waals surface area contributed by atoms with Gasteiger partial charge in [-0.3, -0.25) is 14.3 Å². The zero-order valence-corrected chi connectivity index (χ0v) is 12.0. The van der Waals surface area contributed by atoms with Gasteiger partial charge >= 0.3 is 5.69 Å². The number of hydrogen-bond donors (Lipinski definition) is 3. The lowest BCUT2D eigenvalue weighted by atomic mass is 10.2. The lowest BCUT2D eigenvalue weighted by Crippen LogP contribution is -2.35. The van der Waals surface area contributed by atoms with E-state index in [0.29, 0.717) is 6.54 Å². The molecule has 1 aromatic rings. The van der Waals surface area contributed by atoms with E-state index >= 15 is 0 Å². The minimum atomic E-state index is -0.531. The number of nitrogen functional groups attached to an aromatic ring is 1. The number of H-pyrrole nitrogens is 1. The summed E-state index contributed by atoms with van der Waals surface area (Å²) in [5.41, 5.74) is 5.10. The van der Waals surface area contributed by atoms with Gasteiger partial charge in [-0.2, -0.15) is 0 Å². The molecule has 4 N–H and O–H groups in total. The number of hydrogen-bond acceptors (Lipinski definition) is 4. The Morgan fingerprint density at radius 3 is 2.65 bits per heavy atom. The lowest BCUT2D eigenvalue weighted by molar-refractivity contribution is 0.604. The quantitative estimate of drug-likeness (QED) is 0.652. The maximum Gasteiger partial charge on any atom is 0.330 e. The highest BCUT2D eigenvalue weighted by Gasteiger charge is 2.14. The molecule has 1 aromatic heterocycles. The monoisotopic (exact) mass is 278 g/mol. The van der Waals surface area contributed by atoms with Crippen molar-refractivity contribution in [3.05, 3.63) is 20.8 Å². The van der Waals surface area contributed by atoms with Crippen molar-refractivity contribution < 1.29 is 0 Å². The van der Waals surface area contributed by atoms with Crippen LogP contribution in [-0.2, 0) is 6.54 Å². The number of unbranched alkanes of at least 4 members (excludes halogenated alkanes) is 1. The van der Waals surface area contributed by atoms with Crippen LogP contribution in [0.2, 0.25) is 0 Å².